The quantitative estimate of drug-likeness (QED) is 0.623. The molecule has 0 aliphatic rings. The van der Waals surface area contributed by atoms with Gasteiger partial charge in [0.15, 0.2) is 6.10 Å². The second kappa shape index (κ2) is 7.88. The molecule has 0 spiro atoms. The van der Waals surface area contributed by atoms with E-state index in [1.165, 1.54) is 4.90 Å². The predicted molar refractivity (Wildman–Crippen MR) is 107 cm³/mol. The second-order valence-electron chi connectivity index (χ2n) is 6.64. The number of likely N-dealkylation sites (N-methyl/N-ethyl adjacent to an activating group) is 1. The Morgan fingerprint density at radius 2 is 1.93 bits per heavy atom. The molecule has 6 heteroatoms. The molecule has 1 amide bonds. The lowest BCUT2D eigenvalue weighted by Gasteiger charge is -2.21. The number of hydrogen-bond acceptors (Lipinski definition) is 5. The zero-order chi connectivity index (χ0) is 19.6. The number of carbonyl (C=O) groups is 2. The van der Waals surface area contributed by atoms with Gasteiger partial charge in [0.2, 0.25) is 0 Å². The van der Waals surface area contributed by atoms with Crippen LogP contribution >= 0.6 is 11.3 Å². The number of hydrogen-bond donors (Lipinski definition) is 0. The van der Waals surface area contributed by atoms with E-state index >= 15 is 0 Å². The highest BCUT2D eigenvalue weighted by Crippen LogP contribution is 2.22. The van der Waals surface area contributed by atoms with Gasteiger partial charge in [0.25, 0.3) is 5.91 Å². The van der Waals surface area contributed by atoms with Crippen molar-refractivity contribution in [1.82, 2.24) is 9.88 Å². The average molecular weight is 382 g/mol. The van der Waals surface area contributed by atoms with Crippen LogP contribution in [0.4, 0.5) is 0 Å². The van der Waals surface area contributed by atoms with Crippen molar-refractivity contribution in [3.05, 3.63) is 64.2 Å². The van der Waals surface area contributed by atoms with Gasteiger partial charge in [-0.3, -0.25) is 4.79 Å². The summed E-state index contributed by atoms with van der Waals surface area (Å²) in [4.78, 5) is 31.1. The molecule has 0 aliphatic heterocycles. The normalized spacial score (nSPS) is 12.0. The minimum Gasteiger partial charge on any atom is -0.449 e. The summed E-state index contributed by atoms with van der Waals surface area (Å²) in [7, 11) is 1.69. The third-order valence-electron chi connectivity index (χ3n) is 4.32. The molecular weight excluding hydrogens is 360 g/mol. The minimum absolute atomic E-state index is 0.257. The number of carbonyl (C=O) groups excluding carboxylic acids is 2. The van der Waals surface area contributed by atoms with Crippen LogP contribution in [0.3, 0.4) is 0 Å². The van der Waals surface area contributed by atoms with Crippen LogP contribution in [0.25, 0.3) is 10.2 Å². The van der Waals surface area contributed by atoms with Crippen molar-refractivity contribution in [1.29, 1.82) is 0 Å². The Labute approximate surface area is 162 Å². The standard InChI is InChI=1S/C21H22N2O3S/c1-13-9-10-16(14(2)11-13)21(25)26-15(3)20(24)23(4)12-19-22-17-7-5-6-8-18(17)27-19/h5-11,15H,12H2,1-4H3. The van der Waals surface area contributed by atoms with E-state index in [0.29, 0.717) is 12.1 Å². The van der Waals surface area contributed by atoms with Crippen LogP contribution in [0.1, 0.15) is 33.4 Å². The summed E-state index contributed by atoms with van der Waals surface area (Å²) >= 11 is 1.56. The summed E-state index contributed by atoms with van der Waals surface area (Å²) in [5, 5.41) is 0.847. The third kappa shape index (κ3) is 4.34. The van der Waals surface area contributed by atoms with E-state index in [0.717, 1.165) is 26.4 Å². The molecule has 3 aromatic rings. The predicted octanol–water partition coefficient (Wildman–Crippen LogP) is 4.12. The molecule has 1 unspecified atom stereocenters. The fourth-order valence-corrected chi connectivity index (χ4v) is 3.92. The van der Waals surface area contributed by atoms with Crippen molar-refractivity contribution >= 4 is 33.4 Å². The molecule has 3 rings (SSSR count). The van der Waals surface area contributed by atoms with E-state index in [1.54, 1.807) is 31.4 Å². The summed E-state index contributed by atoms with van der Waals surface area (Å²) in [5.41, 5.74) is 3.31. The zero-order valence-electron chi connectivity index (χ0n) is 15.9. The van der Waals surface area contributed by atoms with Crippen molar-refractivity contribution in [3.63, 3.8) is 0 Å². The number of thiazole rings is 1. The van der Waals surface area contributed by atoms with Crippen LogP contribution in [0.5, 0.6) is 0 Å². The zero-order valence-corrected chi connectivity index (χ0v) is 16.7. The van der Waals surface area contributed by atoms with Crippen molar-refractivity contribution < 1.29 is 14.3 Å². The van der Waals surface area contributed by atoms with Crippen molar-refractivity contribution in [3.8, 4) is 0 Å². The number of fused-ring (bicyclic) bond motifs is 1. The number of amides is 1. The summed E-state index contributed by atoms with van der Waals surface area (Å²) in [6.45, 7) is 5.79. The van der Waals surface area contributed by atoms with Crippen LogP contribution in [-0.2, 0) is 16.1 Å². The first-order valence-corrected chi connectivity index (χ1v) is 9.54. The van der Waals surface area contributed by atoms with Gasteiger partial charge in [-0.15, -0.1) is 11.3 Å². The number of aromatic nitrogens is 1. The molecule has 1 heterocycles. The van der Waals surface area contributed by atoms with Gasteiger partial charge in [-0.05, 0) is 44.5 Å². The van der Waals surface area contributed by atoms with E-state index in [4.69, 9.17) is 4.74 Å². The van der Waals surface area contributed by atoms with E-state index in [-0.39, 0.29) is 5.91 Å². The summed E-state index contributed by atoms with van der Waals surface area (Å²) < 4.78 is 6.48. The van der Waals surface area contributed by atoms with Gasteiger partial charge in [-0.25, -0.2) is 9.78 Å². The molecule has 0 saturated heterocycles. The number of para-hydroxylation sites is 1. The molecule has 0 bridgehead atoms. The molecule has 2 aromatic carbocycles. The lowest BCUT2D eigenvalue weighted by atomic mass is 10.1. The largest absolute Gasteiger partial charge is 0.449 e. The Morgan fingerprint density at radius 1 is 1.19 bits per heavy atom. The number of benzene rings is 2. The maximum absolute atomic E-state index is 12.6. The van der Waals surface area contributed by atoms with Crippen LogP contribution in [0.2, 0.25) is 0 Å². The molecule has 1 atom stereocenters. The molecule has 140 valence electrons. The molecule has 0 fully saturated rings. The van der Waals surface area contributed by atoms with Gasteiger partial charge >= 0.3 is 5.97 Å². The van der Waals surface area contributed by atoms with Crippen LogP contribution < -0.4 is 0 Å². The molecule has 27 heavy (non-hydrogen) atoms. The maximum Gasteiger partial charge on any atom is 0.339 e. The lowest BCUT2D eigenvalue weighted by Crippen LogP contribution is -2.37. The molecule has 0 saturated carbocycles. The summed E-state index contributed by atoms with van der Waals surface area (Å²) in [6.07, 6.45) is -0.863. The minimum atomic E-state index is -0.863. The average Bonchev–Trinajstić information content (AvgIpc) is 3.02. The topological polar surface area (TPSA) is 59.5 Å². The molecular formula is C21H22N2O3S. The van der Waals surface area contributed by atoms with Gasteiger partial charge < -0.3 is 9.64 Å². The van der Waals surface area contributed by atoms with Crippen LogP contribution in [0.15, 0.2) is 42.5 Å². The number of ether oxygens (including phenoxy) is 1. The number of aryl methyl sites for hydroxylation is 2. The van der Waals surface area contributed by atoms with Gasteiger partial charge in [0.05, 0.1) is 22.3 Å². The highest BCUT2D eigenvalue weighted by Gasteiger charge is 2.23. The van der Waals surface area contributed by atoms with E-state index in [2.05, 4.69) is 4.98 Å². The van der Waals surface area contributed by atoms with Crippen LogP contribution in [0, 0.1) is 13.8 Å². The number of esters is 1. The van der Waals surface area contributed by atoms with Crippen molar-refractivity contribution in [2.75, 3.05) is 7.05 Å². The molecule has 1 aromatic heterocycles. The Balaban J connectivity index is 1.64. The van der Waals surface area contributed by atoms with Crippen molar-refractivity contribution in [2.24, 2.45) is 0 Å². The smallest absolute Gasteiger partial charge is 0.339 e. The van der Waals surface area contributed by atoms with E-state index in [1.807, 2.05) is 50.2 Å². The van der Waals surface area contributed by atoms with Gasteiger partial charge in [0.1, 0.15) is 5.01 Å². The van der Waals surface area contributed by atoms with Crippen LogP contribution in [-0.4, -0.2) is 34.9 Å². The Hall–Kier alpha value is -2.73. The van der Waals surface area contributed by atoms with E-state index < -0.39 is 12.1 Å². The Morgan fingerprint density at radius 3 is 2.63 bits per heavy atom. The molecule has 0 radical (unpaired) electrons. The SMILES string of the molecule is Cc1ccc(C(=O)OC(C)C(=O)N(C)Cc2nc3ccccc3s2)c(C)c1. The highest BCUT2D eigenvalue weighted by molar-refractivity contribution is 7.18. The second-order valence-corrected chi connectivity index (χ2v) is 7.75. The Kier molecular flexibility index (Phi) is 5.56. The van der Waals surface area contributed by atoms with Gasteiger partial charge in [-0.2, -0.15) is 0 Å². The first-order chi connectivity index (χ1) is 12.8. The highest BCUT2D eigenvalue weighted by atomic mass is 32.1. The third-order valence-corrected chi connectivity index (χ3v) is 5.34. The monoisotopic (exact) mass is 382 g/mol. The Bertz CT molecular complexity index is 963. The maximum atomic E-state index is 12.6. The fourth-order valence-electron chi connectivity index (χ4n) is 2.90. The van der Waals surface area contributed by atoms with Crippen molar-refractivity contribution in [2.45, 2.75) is 33.4 Å². The molecule has 0 N–H and O–H groups in total. The summed E-state index contributed by atoms with van der Waals surface area (Å²) in [5.74, 6) is -0.742. The number of nitrogens with zero attached hydrogens (tertiary/aromatic N) is 2. The molecule has 5 nitrogen and oxygen atoms in total. The summed E-state index contributed by atoms with van der Waals surface area (Å²) in [6, 6.07) is 13.4. The lowest BCUT2D eigenvalue weighted by molar-refractivity contribution is -0.139. The van der Waals surface area contributed by atoms with Gasteiger partial charge in [-0.1, -0.05) is 29.8 Å². The van der Waals surface area contributed by atoms with Gasteiger partial charge in [0, 0.05) is 7.05 Å². The molecule has 0 aliphatic carbocycles. The number of rotatable bonds is 5. The first kappa shape index (κ1) is 19.0. The van der Waals surface area contributed by atoms with E-state index in [9.17, 15) is 9.59 Å². The fraction of sp³-hybridized carbons (Fsp3) is 0.286. The first-order valence-electron chi connectivity index (χ1n) is 8.73.